The number of benzene rings is 3. The van der Waals surface area contributed by atoms with E-state index in [1.54, 1.807) is 35.8 Å². The van der Waals surface area contributed by atoms with E-state index in [0.717, 1.165) is 28.2 Å². The second-order valence-electron chi connectivity index (χ2n) is 10.9. The van der Waals surface area contributed by atoms with E-state index in [1.807, 2.05) is 92.1 Å². The maximum atomic E-state index is 14.2. The highest BCUT2D eigenvalue weighted by molar-refractivity contribution is 7.07. The first-order chi connectivity index (χ1) is 22.2. The maximum absolute atomic E-state index is 14.2. The fourth-order valence-corrected chi connectivity index (χ4v) is 6.82. The number of hydrogen-bond acceptors (Lipinski definition) is 6. The third-order valence-corrected chi connectivity index (χ3v) is 8.92. The Morgan fingerprint density at radius 2 is 1.70 bits per heavy atom. The van der Waals surface area contributed by atoms with Crippen molar-refractivity contribution in [1.82, 2.24) is 9.13 Å². The van der Waals surface area contributed by atoms with E-state index in [2.05, 4.69) is 5.32 Å². The van der Waals surface area contributed by atoms with E-state index in [9.17, 15) is 19.5 Å². The van der Waals surface area contributed by atoms with Gasteiger partial charge in [0.1, 0.15) is 5.75 Å². The molecule has 9 nitrogen and oxygen atoms in total. The number of hydrogen-bond donors (Lipinski definition) is 2. The van der Waals surface area contributed by atoms with Crippen LogP contribution in [0.3, 0.4) is 0 Å². The average molecular weight is 633 g/mol. The van der Waals surface area contributed by atoms with Gasteiger partial charge in [0.2, 0.25) is 0 Å². The minimum Gasteiger partial charge on any atom is -0.494 e. The zero-order chi connectivity index (χ0) is 32.5. The standard InChI is InChI=1S/C36H32N4O5S/c1-5-45-29-17-13-24(14-18-29)32-31(33(41)38-27-9-7-6-8-10-27)22(3)37-36-40(32)34(42)30(46-36)20-26-19-21(2)39(23(26)4)28-15-11-25(12-16-28)35(43)44/h6-20,32H,5H2,1-4H3,(H,38,41)(H,43,44)/b30-20-/t32-/m1/s1. The maximum Gasteiger partial charge on any atom is 0.335 e. The van der Waals surface area contributed by atoms with E-state index < -0.39 is 12.0 Å². The number of ether oxygens (including phenoxy) is 1. The molecule has 46 heavy (non-hydrogen) atoms. The van der Waals surface area contributed by atoms with Crippen molar-refractivity contribution in [3.05, 3.63) is 144 Å². The van der Waals surface area contributed by atoms with E-state index in [0.29, 0.717) is 38.6 Å². The molecule has 0 bridgehead atoms. The van der Waals surface area contributed by atoms with Crippen LogP contribution in [0.1, 0.15) is 52.8 Å². The Morgan fingerprint density at radius 1 is 1.00 bits per heavy atom. The number of thiazole rings is 1. The summed E-state index contributed by atoms with van der Waals surface area (Å²) in [5.41, 5.74) is 5.77. The molecule has 1 aliphatic heterocycles. The molecule has 1 amide bonds. The Labute approximate surface area is 269 Å². The molecule has 0 spiro atoms. The van der Waals surface area contributed by atoms with Crippen LogP contribution in [0.4, 0.5) is 5.69 Å². The third-order valence-electron chi connectivity index (χ3n) is 7.93. The second kappa shape index (κ2) is 12.5. The number of nitrogens with zero attached hydrogens (tertiary/aromatic N) is 3. The Balaban J connectivity index is 1.46. The molecule has 1 atom stereocenters. The second-order valence-corrected chi connectivity index (χ2v) is 11.9. The number of carboxylic acids is 1. The van der Waals surface area contributed by atoms with Crippen LogP contribution in [-0.2, 0) is 4.79 Å². The molecule has 1 aliphatic rings. The van der Waals surface area contributed by atoms with Crippen LogP contribution < -0.4 is 24.9 Å². The van der Waals surface area contributed by atoms with E-state index in [-0.39, 0.29) is 17.0 Å². The first kappa shape index (κ1) is 30.5. The molecular formula is C36H32N4O5S. The summed E-state index contributed by atoms with van der Waals surface area (Å²) < 4.78 is 9.75. The van der Waals surface area contributed by atoms with Gasteiger partial charge in [0, 0.05) is 22.8 Å². The molecule has 10 heteroatoms. The molecule has 0 aliphatic carbocycles. The van der Waals surface area contributed by atoms with Crippen LogP contribution in [0.2, 0.25) is 0 Å². The number of para-hydroxylation sites is 1. The molecule has 0 saturated heterocycles. The Bertz CT molecular complexity index is 2170. The molecule has 2 N–H and O–H groups in total. The van der Waals surface area contributed by atoms with Crippen molar-refractivity contribution in [2.45, 2.75) is 33.7 Å². The van der Waals surface area contributed by atoms with Gasteiger partial charge in [0.05, 0.1) is 34.0 Å². The summed E-state index contributed by atoms with van der Waals surface area (Å²) in [6.45, 7) is 8.15. The zero-order valence-corrected chi connectivity index (χ0v) is 26.6. The summed E-state index contributed by atoms with van der Waals surface area (Å²) in [4.78, 5) is 44.6. The van der Waals surface area contributed by atoms with Crippen molar-refractivity contribution in [3.8, 4) is 11.4 Å². The van der Waals surface area contributed by atoms with Crippen molar-refractivity contribution in [2.75, 3.05) is 11.9 Å². The van der Waals surface area contributed by atoms with Gasteiger partial charge in [-0.25, -0.2) is 9.79 Å². The highest BCUT2D eigenvalue weighted by atomic mass is 32.1. The molecule has 3 aromatic carbocycles. The largest absolute Gasteiger partial charge is 0.494 e. The number of fused-ring (bicyclic) bond motifs is 1. The molecule has 0 unspecified atom stereocenters. The molecule has 0 fully saturated rings. The number of allylic oxidation sites excluding steroid dienone is 1. The van der Waals surface area contributed by atoms with E-state index in [1.165, 1.54) is 11.3 Å². The van der Waals surface area contributed by atoms with Crippen molar-refractivity contribution in [2.24, 2.45) is 4.99 Å². The molecule has 6 rings (SSSR count). The highest BCUT2D eigenvalue weighted by Gasteiger charge is 2.32. The lowest BCUT2D eigenvalue weighted by Gasteiger charge is -2.25. The molecule has 3 heterocycles. The van der Waals surface area contributed by atoms with Gasteiger partial charge in [-0.2, -0.15) is 0 Å². The van der Waals surface area contributed by atoms with Crippen molar-refractivity contribution >= 4 is 35.0 Å². The number of amides is 1. The quantitative estimate of drug-likeness (QED) is 0.239. The van der Waals surface area contributed by atoms with Crippen LogP contribution in [0.25, 0.3) is 11.8 Å². The summed E-state index contributed by atoms with van der Waals surface area (Å²) in [5, 5.41) is 12.3. The fourth-order valence-electron chi connectivity index (χ4n) is 5.79. The number of aromatic carboxylic acids is 1. The predicted octanol–water partition coefficient (Wildman–Crippen LogP) is 5.38. The first-order valence-electron chi connectivity index (χ1n) is 14.8. The monoisotopic (exact) mass is 632 g/mol. The zero-order valence-electron chi connectivity index (χ0n) is 25.8. The lowest BCUT2D eigenvalue weighted by atomic mass is 9.95. The van der Waals surface area contributed by atoms with Gasteiger partial charge in [-0.1, -0.05) is 41.7 Å². The predicted molar refractivity (Wildman–Crippen MR) is 179 cm³/mol. The van der Waals surface area contributed by atoms with Gasteiger partial charge < -0.3 is 19.7 Å². The van der Waals surface area contributed by atoms with Crippen LogP contribution in [0, 0.1) is 13.8 Å². The lowest BCUT2D eigenvalue weighted by molar-refractivity contribution is -0.113. The number of aromatic nitrogens is 2. The van der Waals surface area contributed by atoms with Crippen molar-refractivity contribution in [3.63, 3.8) is 0 Å². The number of nitrogens with one attached hydrogen (secondary N) is 1. The van der Waals surface area contributed by atoms with E-state index >= 15 is 0 Å². The summed E-state index contributed by atoms with van der Waals surface area (Å²) in [6, 6.07) is 24.6. The summed E-state index contributed by atoms with van der Waals surface area (Å²) in [6.07, 6.45) is 1.85. The minimum absolute atomic E-state index is 0.210. The van der Waals surface area contributed by atoms with Gasteiger partial charge in [-0.05, 0) is 99.5 Å². The van der Waals surface area contributed by atoms with Crippen LogP contribution in [0.5, 0.6) is 5.75 Å². The summed E-state index contributed by atoms with van der Waals surface area (Å²) >= 11 is 1.28. The average Bonchev–Trinajstić information content (AvgIpc) is 3.50. The van der Waals surface area contributed by atoms with Crippen molar-refractivity contribution in [1.29, 1.82) is 0 Å². The fraction of sp³-hybridized carbons (Fsp3) is 0.167. The normalized spacial score (nSPS) is 14.5. The third kappa shape index (κ3) is 5.70. The molecule has 232 valence electrons. The number of carbonyl (C=O) groups is 2. The van der Waals surface area contributed by atoms with Crippen LogP contribution in [-0.4, -0.2) is 32.7 Å². The number of rotatable bonds is 8. The van der Waals surface area contributed by atoms with Gasteiger partial charge in [0.15, 0.2) is 4.80 Å². The summed E-state index contributed by atoms with van der Waals surface area (Å²) in [5.74, 6) is -0.622. The number of aryl methyl sites for hydroxylation is 1. The van der Waals surface area contributed by atoms with Gasteiger partial charge in [0.25, 0.3) is 11.5 Å². The Hall–Kier alpha value is -5.48. The molecular weight excluding hydrogens is 600 g/mol. The minimum atomic E-state index is -0.983. The summed E-state index contributed by atoms with van der Waals surface area (Å²) in [7, 11) is 0. The first-order valence-corrected chi connectivity index (χ1v) is 15.6. The number of carbonyl (C=O) groups excluding carboxylic acids is 1. The molecule has 2 aromatic heterocycles. The number of anilines is 1. The molecule has 0 saturated carbocycles. The van der Waals surface area contributed by atoms with Gasteiger partial charge in [-0.3, -0.25) is 14.2 Å². The smallest absolute Gasteiger partial charge is 0.335 e. The van der Waals surface area contributed by atoms with Gasteiger partial charge in [-0.15, -0.1) is 0 Å². The molecule has 0 radical (unpaired) electrons. The molecule has 5 aromatic rings. The van der Waals surface area contributed by atoms with Crippen LogP contribution in [0.15, 0.2) is 106 Å². The highest BCUT2D eigenvalue weighted by Crippen LogP contribution is 2.32. The number of carboxylic acid groups (broad SMARTS) is 1. The van der Waals surface area contributed by atoms with Gasteiger partial charge >= 0.3 is 5.97 Å². The SMILES string of the molecule is CCOc1ccc([C@@H]2C(C(=O)Nc3ccccc3)=C(C)N=c3s/c(=C\c4cc(C)n(-c5ccc(C(=O)O)cc5)c4C)c(=O)n32)cc1. The van der Waals surface area contributed by atoms with E-state index in [4.69, 9.17) is 9.73 Å². The Kier molecular flexibility index (Phi) is 8.29. The van der Waals surface area contributed by atoms with Crippen molar-refractivity contribution < 1.29 is 19.4 Å². The van der Waals surface area contributed by atoms with Crippen LogP contribution >= 0.6 is 11.3 Å². The lowest BCUT2D eigenvalue weighted by Crippen LogP contribution is -2.40. The Morgan fingerprint density at radius 3 is 2.35 bits per heavy atom. The topological polar surface area (TPSA) is 115 Å².